The number of hydrogen-bond acceptors (Lipinski definition) is 3. The quantitative estimate of drug-likeness (QED) is 0.680. The minimum atomic E-state index is -0.233. The third kappa shape index (κ3) is 5.24. The van der Waals surface area contributed by atoms with Crippen LogP contribution in [0.1, 0.15) is 31.2 Å². The van der Waals surface area contributed by atoms with Crippen molar-refractivity contribution in [3.63, 3.8) is 0 Å². The Morgan fingerprint density at radius 1 is 1.17 bits per heavy atom. The predicted molar refractivity (Wildman–Crippen MR) is 91.4 cm³/mol. The van der Waals surface area contributed by atoms with Crippen molar-refractivity contribution in [1.82, 2.24) is 5.32 Å². The first-order valence-corrected chi connectivity index (χ1v) is 8.11. The summed E-state index contributed by atoms with van der Waals surface area (Å²) in [5.74, 6) is 0.396. The Morgan fingerprint density at radius 3 is 2.67 bits per heavy atom. The lowest BCUT2D eigenvalue weighted by Gasteiger charge is -2.11. The molecule has 0 unspecified atom stereocenters. The van der Waals surface area contributed by atoms with Crippen molar-refractivity contribution in [1.29, 1.82) is 0 Å². The van der Waals surface area contributed by atoms with Gasteiger partial charge in [0.1, 0.15) is 6.04 Å². The summed E-state index contributed by atoms with van der Waals surface area (Å²) >= 11 is 0. The van der Waals surface area contributed by atoms with E-state index in [1.165, 1.54) is 0 Å². The Bertz CT molecular complexity index is 668. The Hall–Kier alpha value is -2.60. The van der Waals surface area contributed by atoms with Crippen LogP contribution in [-0.2, 0) is 16.0 Å². The summed E-state index contributed by atoms with van der Waals surface area (Å²) in [5.41, 5.74) is 1.86. The molecule has 6 nitrogen and oxygen atoms in total. The highest BCUT2D eigenvalue weighted by Crippen LogP contribution is 2.14. The van der Waals surface area contributed by atoms with Gasteiger partial charge in [-0.2, -0.15) is 0 Å². The number of amides is 2. The maximum Gasteiger partial charge on any atom is 0.275 e. The monoisotopic (exact) mass is 330 g/mol. The first kappa shape index (κ1) is 17.7. The molecular formula is C18H24N3O3+. The highest BCUT2D eigenvalue weighted by atomic mass is 16.3. The second-order valence-corrected chi connectivity index (χ2v) is 5.58. The number of carbonyl (C=O) groups excluding carboxylic acids is 2. The van der Waals surface area contributed by atoms with Gasteiger partial charge in [-0.25, -0.2) is 0 Å². The summed E-state index contributed by atoms with van der Waals surface area (Å²) < 4.78 is 5.29. The summed E-state index contributed by atoms with van der Waals surface area (Å²) in [6.07, 6.45) is 2.45. The molecule has 0 spiro atoms. The van der Waals surface area contributed by atoms with Gasteiger partial charge in [-0.05, 0) is 37.1 Å². The molecule has 24 heavy (non-hydrogen) atoms. The van der Waals surface area contributed by atoms with Crippen LogP contribution in [0.2, 0.25) is 0 Å². The molecule has 0 aliphatic carbocycles. The number of nitrogens with two attached hydrogens (primary N) is 1. The lowest BCUT2D eigenvalue weighted by molar-refractivity contribution is -0.684. The second-order valence-electron chi connectivity index (χ2n) is 5.58. The molecule has 0 saturated carbocycles. The second kappa shape index (κ2) is 8.88. The predicted octanol–water partition coefficient (Wildman–Crippen LogP) is 1.22. The average Bonchev–Trinajstić information content (AvgIpc) is 3.13. The zero-order chi connectivity index (χ0) is 17.4. The van der Waals surface area contributed by atoms with E-state index in [1.807, 2.05) is 55.6 Å². The molecule has 0 fully saturated rings. The average molecular weight is 330 g/mol. The van der Waals surface area contributed by atoms with Crippen molar-refractivity contribution in [2.45, 2.75) is 26.3 Å². The van der Waals surface area contributed by atoms with Crippen molar-refractivity contribution in [2.75, 3.05) is 18.4 Å². The molecule has 0 saturated heterocycles. The molecule has 2 rings (SSSR count). The molecule has 1 heterocycles. The maximum absolute atomic E-state index is 12.0. The van der Waals surface area contributed by atoms with Crippen LogP contribution in [0, 0.1) is 0 Å². The van der Waals surface area contributed by atoms with Crippen LogP contribution >= 0.6 is 0 Å². The van der Waals surface area contributed by atoms with Crippen LogP contribution in [0.4, 0.5) is 5.69 Å². The van der Waals surface area contributed by atoms with Crippen molar-refractivity contribution in [3.8, 4) is 0 Å². The maximum atomic E-state index is 12.0. The number of para-hydroxylation sites is 1. The molecule has 2 aromatic rings. The first-order valence-electron chi connectivity index (χ1n) is 8.11. The van der Waals surface area contributed by atoms with E-state index in [-0.39, 0.29) is 30.9 Å². The minimum Gasteiger partial charge on any atom is -0.463 e. The van der Waals surface area contributed by atoms with Crippen LogP contribution in [0.3, 0.4) is 0 Å². The standard InChI is InChI=1S/C18H23N3O3/c1-3-14-7-4-5-8-15(14)21-18(23)12-20-17(22)11-19-13(2)16-9-6-10-24-16/h4-10,13,19H,3,11-12H2,1-2H3,(H,20,22)(H,21,23)/p+1/t13-/m0/s1. The van der Waals surface area contributed by atoms with Crippen molar-refractivity contribution < 1.29 is 19.3 Å². The topological polar surface area (TPSA) is 88.0 Å². The van der Waals surface area contributed by atoms with E-state index in [0.29, 0.717) is 0 Å². The van der Waals surface area contributed by atoms with E-state index >= 15 is 0 Å². The van der Waals surface area contributed by atoms with E-state index in [0.717, 1.165) is 23.4 Å². The van der Waals surface area contributed by atoms with Gasteiger partial charge in [0, 0.05) is 5.69 Å². The highest BCUT2D eigenvalue weighted by molar-refractivity contribution is 5.95. The van der Waals surface area contributed by atoms with E-state index < -0.39 is 0 Å². The van der Waals surface area contributed by atoms with Gasteiger partial charge >= 0.3 is 0 Å². The zero-order valence-electron chi connectivity index (χ0n) is 14.0. The molecule has 0 aliphatic heterocycles. The first-order chi connectivity index (χ1) is 11.6. The van der Waals surface area contributed by atoms with E-state index in [4.69, 9.17) is 4.42 Å². The molecule has 0 aliphatic rings. The largest absolute Gasteiger partial charge is 0.463 e. The highest BCUT2D eigenvalue weighted by Gasteiger charge is 2.14. The Labute approximate surface area is 141 Å². The van der Waals surface area contributed by atoms with Gasteiger partial charge in [-0.3, -0.25) is 9.59 Å². The SMILES string of the molecule is CCc1ccccc1NC(=O)CNC(=O)C[NH2+][C@@H](C)c1ccco1. The normalized spacial score (nSPS) is 11.8. The van der Waals surface area contributed by atoms with Crippen molar-refractivity contribution >= 4 is 17.5 Å². The summed E-state index contributed by atoms with van der Waals surface area (Å²) in [6.45, 7) is 4.18. The molecule has 6 heteroatoms. The third-order valence-corrected chi connectivity index (χ3v) is 3.77. The number of rotatable bonds is 8. The van der Waals surface area contributed by atoms with Crippen LogP contribution in [0.5, 0.6) is 0 Å². The molecule has 2 amide bonds. The molecule has 0 radical (unpaired) electrons. The van der Waals surface area contributed by atoms with Gasteiger partial charge in [0.25, 0.3) is 5.91 Å². The Morgan fingerprint density at radius 2 is 1.96 bits per heavy atom. The molecule has 128 valence electrons. The summed E-state index contributed by atoms with van der Waals surface area (Å²) in [7, 11) is 0. The van der Waals surface area contributed by atoms with Crippen LogP contribution < -0.4 is 16.0 Å². The molecule has 1 atom stereocenters. The lowest BCUT2D eigenvalue weighted by atomic mass is 10.1. The Kier molecular flexibility index (Phi) is 6.57. The number of carbonyl (C=O) groups is 2. The fourth-order valence-corrected chi connectivity index (χ4v) is 2.35. The number of anilines is 1. The fourth-order valence-electron chi connectivity index (χ4n) is 2.35. The number of hydrogen-bond donors (Lipinski definition) is 3. The molecule has 4 N–H and O–H groups in total. The summed E-state index contributed by atoms with van der Waals surface area (Å²) in [5, 5.41) is 7.31. The molecule has 0 bridgehead atoms. The van der Waals surface area contributed by atoms with Crippen LogP contribution in [0.15, 0.2) is 47.1 Å². The van der Waals surface area contributed by atoms with Crippen molar-refractivity contribution in [2.24, 2.45) is 0 Å². The minimum absolute atomic E-state index is 0.0418. The Balaban J connectivity index is 1.72. The van der Waals surface area contributed by atoms with Gasteiger partial charge in [-0.15, -0.1) is 0 Å². The van der Waals surface area contributed by atoms with Gasteiger partial charge in [0.05, 0.1) is 12.8 Å². The number of quaternary nitrogens is 1. The zero-order valence-corrected chi connectivity index (χ0v) is 14.0. The smallest absolute Gasteiger partial charge is 0.275 e. The molecule has 1 aromatic heterocycles. The fraction of sp³-hybridized carbons (Fsp3) is 0.333. The van der Waals surface area contributed by atoms with E-state index in [2.05, 4.69) is 10.6 Å². The third-order valence-electron chi connectivity index (χ3n) is 3.77. The summed E-state index contributed by atoms with van der Waals surface area (Å²) in [4.78, 5) is 23.8. The van der Waals surface area contributed by atoms with Crippen LogP contribution in [-0.4, -0.2) is 24.9 Å². The van der Waals surface area contributed by atoms with Gasteiger partial charge in [0.15, 0.2) is 12.3 Å². The van der Waals surface area contributed by atoms with Crippen LogP contribution in [0.25, 0.3) is 0 Å². The van der Waals surface area contributed by atoms with E-state index in [9.17, 15) is 9.59 Å². The number of nitrogens with one attached hydrogen (secondary N) is 2. The van der Waals surface area contributed by atoms with E-state index in [1.54, 1.807) is 6.26 Å². The number of aryl methyl sites for hydroxylation is 1. The van der Waals surface area contributed by atoms with Gasteiger partial charge in [-0.1, -0.05) is 25.1 Å². The number of furan rings is 1. The van der Waals surface area contributed by atoms with Crippen molar-refractivity contribution in [3.05, 3.63) is 54.0 Å². The van der Waals surface area contributed by atoms with Gasteiger partial charge < -0.3 is 20.4 Å². The molecule has 1 aromatic carbocycles. The lowest BCUT2D eigenvalue weighted by Crippen LogP contribution is -2.87. The number of benzene rings is 1. The van der Waals surface area contributed by atoms with Gasteiger partial charge in [0.2, 0.25) is 5.91 Å². The molecular weight excluding hydrogens is 306 g/mol. The summed E-state index contributed by atoms with van der Waals surface area (Å²) in [6, 6.07) is 11.4.